The number of methoxy groups -OCH3 is 1. The fraction of sp³-hybridized carbons (Fsp3) is 0.333. The second-order valence-corrected chi connectivity index (χ2v) is 8.30. The first-order valence-electron chi connectivity index (χ1n) is 8.49. The molecule has 1 heterocycles. The zero-order valence-electron chi connectivity index (χ0n) is 16.9. The topological polar surface area (TPSA) is 136 Å². The predicted octanol–water partition coefficient (Wildman–Crippen LogP) is 3.17. The Kier molecular flexibility index (Phi) is 8.49. The van der Waals surface area contributed by atoms with E-state index in [1.165, 1.54) is 13.2 Å². The summed E-state index contributed by atoms with van der Waals surface area (Å²) in [6.45, 7) is 4.14. The lowest BCUT2D eigenvalue weighted by Crippen LogP contribution is -2.21. The third-order valence-electron chi connectivity index (χ3n) is 3.50. The van der Waals surface area contributed by atoms with Gasteiger partial charge in [-0.2, -0.15) is 13.2 Å². The van der Waals surface area contributed by atoms with Gasteiger partial charge in [0.2, 0.25) is 15.0 Å². The largest absolute Gasteiger partial charge is 0.490 e. The lowest BCUT2D eigenvalue weighted by molar-refractivity contribution is -0.192. The number of aliphatic carboxylic acids is 1. The van der Waals surface area contributed by atoms with Crippen LogP contribution >= 0.6 is 0 Å². The van der Waals surface area contributed by atoms with Crippen molar-refractivity contribution >= 4 is 33.3 Å². The van der Waals surface area contributed by atoms with Gasteiger partial charge in [0.1, 0.15) is 5.82 Å². The number of aromatic nitrogens is 2. The highest BCUT2D eigenvalue weighted by atomic mass is 32.2. The van der Waals surface area contributed by atoms with Gasteiger partial charge >= 0.3 is 18.1 Å². The highest BCUT2D eigenvalue weighted by Crippen LogP contribution is 2.22. The van der Waals surface area contributed by atoms with Crippen LogP contribution in [0.4, 0.5) is 24.7 Å². The van der Waals surface area contributed by atoms with Crippen LogP contribution in [0.5, 0.6) is 0 Å². The molecule has 2 rings (SSSR count). The minimum atomic E-state index is -5.08. The molecule has 1 aromatic heterocycles. The summed E-state index contributed by atoms with van der Waals surface area (Å²) in [4.78, 5) is 28.3. The lowest BCUT2D eigenvalue weighted by atomic mass is 10.0. The maximum Gasteiger partial charge on any atom is 0.490 e. The summed E-state index contributed by atoms with van der Waals surface area (Å²) in [5.74, 6) is -2.95. The first kappa shape index (κ1) is 25.8. The average Bonchev–Trinajstić information content (AvgIpc) is 2.66. The van der Waals surface area contributed by atoms with E-state index < -0.39 is 33.1 Å². The van der Waals surface area contributed by atoms with Crippen molar-refractivity contribution in [3.63, 3.8) is 0 Å². The van der Waals surface area contributed by atoms with Crippen molar-refractivity contribution in [3.8, 4) is 0 Å². The standard InChI is InChI=1S/C16H19N3O4S.C2HF3O2/c1-10(2)11-6-5-7-12(8-11)17-14-9-13(15(20)23-3)18-16(19-14)24(4,21)22;3-2(4,5)1(6)7/h5-10H,1-4H3,(H,17,18,19);(H,6,7). The molecule has 170 valence electrons. The molecule has 2 aromatic rings. The number of nitrogens with one attached hydrogen (secondary N) is 1. The van der Waals surface area contributed by atoms with Gasteiger partial charge in [0.25, 0.3) is 0 Å². The van der Waals surface area contributed by atoms with Crippen LogP contribution in [0.3, 0.4) is 0 Å². The van der Waals surface area contributed by atoms with E-state index >= 15 is 0 Å². The number of alkyl halides is 3. The normalized spacial score (nSPS) is 11.4. The number of carbonyl (C=O) groups is 2. The van der Waals surface area contributed by atoms with E-state index in [2.05, 4.69) is 33.9 Å². The molecule has 0 bridgehead atoms. The van der Waals surface area contributed by atoms with Gasteiger partial charge in [-0.05, 0) is 23.6 Å². The molecule has 0 saturated heterocycles. The molecule has 0 unspecified atom stereocenters. The van der Waals surface area contributed by atoms with Crippen molar-refractivity contribution in [2.24, 2.45) is 0 Å². The molecule has 0 saturated carbocycles. The number of carboxylic acid groups (broad SMARTS) is 1. The van der Waals surface area contributed by atoms with Crippen molar-refractivity contribution in [2.75, 3.05) is 18.7 Å². The Balaban J connectivity index is 0.000000592. The number of rotatable bonds is 5. The summed E-state index contributed by atoms with van der Waals surface area (Å²) >= 11 is 0. The van der Waals surface area contributed by atoms with E-state index in [0.29, 0.717) is 5.92 Å². The first-order chi connectivity index (χ1) is 14.1. The van der Waals surface area contributed by atoms with Gasteiger partial charge in [-0.1, -0.05) is 26.0 Å². The van der Waals surface area contributed by atoms with Crippen LogP contribution in [0.25, 0.3) is 0 Å². The molecule has 0 fully saturated rings. The van der Waals surface area contributed by atoms with Crippen LogP contribution in [0.15, 0.2) is 35.5 Å². The van der Waals surface area contributed by atoms with Crippen LogP contribution in [-0.2, 0) is 19.4 Å². The Morgan fingerprint density at radius 3 is 2.19 bits per heavy atom. The summed E-state index contributed by atoms with van der Waals surface area (Å²) in [7, 11) is -2.48. The molecule has 0 aliphatic rings. The number of carboxylic acids is 1. The fourth-order valence-electron chi connectivity index (χ4n) is 1.99. The SMILES string of the molecule is COC(=O)c1cc(Nc2cccc(C(C)C)c2)nc(S(C)(=O)=O)n1.O=C(O)C(F)(F)F. The Morgan fingerprint density at radius 1 is 1.16 bits per heavy atom. The Labute approximate surface area is 176 Å². The third kappa shape index (κ3) is 8.20. The van der Waals surface area contributed by atoms with Crippen molar-refractivity contribution < 1.29 is 41.0 Å². The summed E-state index contributed by atoms with van der Waals surface area (Å²) in [6.07, 6.45) is -4.10. The van der Waals surface area contributed by atoms with E-state index in [0.717, 1.165) is 17.5 Å². The molecule has 13 heteroatoms. The maximum absolute atomic E-state index is 11.7. The molecule has 31 heavy (non-hydrogen) atoms. The predicted molar refractivity (Wildman–Crippen MR) is 104 cm³/mol. The van der Waals surface area contributed by atoms with E-state index in [9.17, 15) is 26.4 Å². The molecule has 2 N–H and O–H groups in total. The minimum absolute atomic E-state index is 0.129. The minimum Gasteiger partial charge on any atom is -0.475 e. The van der Waals surface area contributed by atoms with Gasteiger partial charge in [0.05, 0.1) is 7.11 Å². The Hall–Kier alpha value is -3.22. The fourth-order valence-corrected chi connectivity index (χ4v) is 2.52. The molecular formula is C18H20F3N3O6S. The first-order valence-corrected chi connectivity index (χ1v) is 10.4. The highest BCUT2D eigenvalue weighted by Gasteiger charge is 2.38. The average molecular weight is 463 g/mol. The van der Waals surface area contributed by atoms with Crippen molar-refractivity contribution in [1.29, 1.82) is 0 Å². The van der Waals surface area contributed by atoms with Crippen LogP contribution in [-0.4, -0.2) is 55.0 Å². The van der Waals surface area contributed by atoms with Gasteiger partial charge in [0.15, 0.2) is 5.69 Å². The number of ether oxygens (including phenoxy) is 1. The molecular weight excluding hydrogens is 443 g/mol. The molecule has 9 nitrogen and oxygen atoms in total. The van der Waals surface area contributed by atoms with Crippen LogP contribution in [0.1, 0.15) is 35.8 Å². The van der Waals surface area contributed by atoms with E-state index in [4.69, 9.17) is 9.90 Å². The number of hydrogen-bond acceptors (Lipinski definition) is 8. The van der Waals surface area contributed by atoms with Gasteiger partial charge in [0, 0.05) is 18.0 Å². The molecule has 0 atom stereocenters. The van der Waals surface area contributed by atoms with Crippen LogP contribution in [0.2, 0.25) is 0 Å². The lowest BCUT2D eigenvalue weighted by Gasteiger charge is -2.11. The monoisotopic (exact) mass is 463 g/mol. The van der Waals surface area contributed by atoms with Crippen LogP contribution < -0.4 is 5.32 Å². The highest BCUT2D eigenvalue weighted by molar-refractivity contribution is 7.90. The summed E-state index contributed by atoms with van der Waals surface area (Å²) < 4.78 is 59.8. The number of sulfone groups is 1. The smallest absolute Gasteiger partial charge is 0.475 e. The Morgan fingerprint density at radius 2 is 1.74 bits per heavy atom. The van der Waals surface area contributed by atoms with E-state index in [1.807, 2.05) is 24.3 Å². The zero-order valence-corrected chi connectivity index (χ0v) is 17.7. The zero-order chi connectivity index (χ0) is 24.0. The van der Waals surface area contributed by atoms with Crippen LogP contribution in [0, 0.1) is 0 Å². The summed E-state index contributed by atoms with van der Waals surface area (Å²) in [5, 5.41) is 9.70. The van der Waals surface area contributed by atoms with Gasteiger partial charge in [-0.3, -0.25) is 0 Å². The van der Waals surface area contributed by atoms with Gasteiger partial charge in [-0.15, -0.1) is 0 Å². The van der Waals surface area contributed by atoms with Gasteiger partial charge in [-0.25, -0.2) is 28.0 Å². The maximum atomic E-state index is 11.7. The third-order valence-corrected chi connectivity index (χ3v) is 4.35. The van der Waals surface area contributed by atoms with E-state index in [1.54, 1.807) is 0 Å². The second-order valence-electron chi connectivity index (χ2n) is 6.39. The van der Waals surface area contributed by atoms with Crippen molar-refractivity contribution in [3.05, 3.63) is 41.6 Å². The number of halogens is 3. The number of hydrogen-bond donors (Lipinski definition) is 2. The summed E-state index contributed by atoms with van der Waals surface area (Å²) in [5.41, 5.74) is 1.72. The van der Waals surface area contributed by atoms with Gasteiger partial charge < -0.3 is 15.2 Å². The number of nitrogens with zero attached hydrogens (tertiary/aromatic N) is 2. The van der Waals surface area contributed by atoms with Crippen molar-refractivity contribution in [2.45, 2.75) is 31.1 Å². The second kappa shape index (κ2) is 10.2. The summed E-state index contributed by atoms with van der Waals surface area (Å²) in [6, 6.07) is 8.99. The molecule has 0 spiro atoms. The van der Waals surface area contributed by atoms with Crippen molar-refractivity contribution in [1.82, 2.24) is 9.97 Å². The molecule has 1 aromatic carbocycles. The Bertz CT molecular complexity index is 1060. The molecule has 0 aliphatic heterocycles. The molecule has 0 radical (unpaired) electrons. The number of carbonyl (C=O) groups excluding carboxylic acids is 1. The number of benzene rings is 1. The quantitative estimate of drug-likeness (QED) is 0.506. The number of anilines is 2. The van der Waals surface area contributed by atoms with E-state index in [-0.39, 0.29) is 11.5 Å². The number of esters is 1. The molecule has 0 amide bonds. The molecule has 0 aliphatic carbocycles.